The van der Waals surface area contributed by atoms with Gasteiger partial charge in [0.15, 0.2) is 0 Å². The van der Waals surface area contributed by atoms with Crippen molar-refractivity contribution in [3.8, 4) is 0 Å². The Hall–Kier alpha value is -3.59. The van der Waals surface area contributed by atoms with Crippen LogP contribution in [-0.4, -0.2) is 176 Å². The molecular formula is C40H61NO16. The topological polar surface area (TPSA) is 183 Å². The van der Waals surface area contributed by atoms with Crippen molar-refractivity contribution in [1.82, 2.24) is 5.32 Å². The Kier molecular flexibility index (Phi) is 33.0. The van der Waals surface area contributed by atoms with Crippen molar-refractivity contribution >= 4 is 17.8 Å². The number of carbonyl (C=O) groups excluding carboxylic acids is 3. The maximum Gasteiger partial charge on any atom is 0.407 e. The second-order valence-corrected chi connectivity index (χ2v) is 11.6. The first-order chi connectivity index (χ1) is 28.2. The summed E-state index contributed by atoms with van der Waals surface area (Å²) < 4.78 is 70.0. The summed E-state index contributed by atoms with van der Waals surface area (Å²) in [6.07, 6.45) is -0.477. The van der Waals surface area contributed by atoms with E-state index in [1.165, 1.54) is 0 Å². The van der Waals surface area contributed by atoms with E-state index >= 15 is 0 Å². The summed E-state index contributed by atoms with van der Waals surface area (Å²) in [6, 6.07) is 17.7. The summed E-state index contributed by atoms with van der Waals surface area (Å²) in [5.41, 5.74) is 1.22. The minimum atomic E-state index is -0.902. The van der Waals surface area contributed by atoms with Crippen LogP contribution in [0.3, 0.4) is 0 Å². The lowest BCUT2D eigenvalue weighted by Crippen LogP contribution is -2.28. The fourth-order valence-electron chi connectivity index (χ4n) is 4.27. The fraction of sp³-hybridized carbons (Fsp3) is 0.625. The van der Waals surface area contributed by atoms with E-state index in [-0.39, 0.29) is 19.8 Å². The first-order valence-corrected chi connectivity index (χ1v) is 19.2. The molecule has 0 aliphatic rings. The molecule has 2 rings (SSSR count). The van der Waals surface area contributed by atoms with Gasteiger partial charge in [-0.1, -0.05) is 60.7 Å². The van der Waals surface area contributed by atoms with E-state index in [1.807, 2.05) is 30.3 Å². The average Bonchev–Trinajstić information content (AvgIpc) is 3.24. The molecule has 322 valence electrons. The summed E-state index contributed by atoms with van der Waals surface area (Å²) in [4.78, 5) is 35.3. The predicted molar refractivity (Wildman–Crippen MR) is 205 cm³/mol. The Morgan fingerprint density at radius 1 is 0.368 bits per heavy atom. The molecule has 17 heteroatoms. The summed E-state index contributed by atoms with van der Waals surface area (Å²) in [5, 5.41) is 2.64. The van der Waals surface area contributed by atoms with Gasteiger partial charge in [0.05, 0.1) is 145 Å². The SMILES string of the molecule is O=C(NCCOCCOCCOCCOCCOCCOCCOCCOCCOCCOCCOCCOC(=O)C(=O)c1ccccc1)OCc1ccccc1. The van der Waals surface area contributed by atoms with E-state index in [9.17, 15) is 14.4 Å². The number of nitrogens with one attached hydrogen (secondary N) is 1. The number of benzene rings is 2. The van der Waals surface area contributed by atoms with Crippen molar-refractivity contribution in [2.75, 3.05) is 159 Å². The number of rotatable bonds is 40. The maximum absolute atomic E-state index is 11.9. The molecule has 2 aromatic carbocycles. The van der Waals surface area contributed by atoms with Crippen LogP contribution in [0, 0.1) is 0 Å². The molecule has 57 heavy (non-hydrogen) atoms. The van der Waals surface area contributed by atoms with Crippen LogP contribution in [0.1, 0.15) is 15.9 Å². The van der Waals surface area contributed by atoms with Crippen LogP contribution in [0.2, 0.25) is 0 Å². The number of carbonyl (C=O) groups is 3. The minimum absolute atomic E-state index is 0.00920. The molecule has 1 N–H and O–H groups in total. The van der Waals surface area contributed by atoms with E-state index in [2.05, 4.69) is 5.32 Å². The molecule has 0 aliphatic carbocycles. The van der Waals surface area contributed by atoms with Gasteiger partial charge in [0.2, 0.25) is 0 Å². The molecular weight excluding hydrogens is 750 g/mol. The van der Waals surface area contributed by atoms with Crippen LogP contribution in [0.15, 0.2) is 60.7 Å². The van der Waals surface area contributed by atoms with Crippen molar-refractivity contribution < 1.29 is 76.0 Å². The first-order valence-electron chi connectivity index (χ1n) is 19.2. The second kappa shape index (κ2) is 38.0. The van der Waals surface area contributed by atoms with Crippen molar-refractivity contribution in [2.24, 2.45) is 0 Å². The molecule has 0 saturated heterocycles. The molecule has 2 aromatic rings. The van der Waals surface area contributed by atoms with Crippen molar-refractivity contribution in [3.63, 3.8) is 0 Å². The van der Waals surface area contributed by atoms with Crippen LogP contribution in [0.5, 0.6) is 0 Å². The summed E-state index contributed by atoms with van der Waals surface area (Å²) in [5.74, 6) is -1.58. The maximum atomic E-state index is 11.9. The van der Waals surface area contributed by atoms with Gasteiger partial charge >= 0.3 is 12.1 Å². The molecule has 0 atom stereocenters. The third-order valence-electron chi connectivity index (χ3n) is 7.13. The summed E-state index contributed by atoms with van der Waals surface area (Å²) >= 11 is 0. The smallest absolute Gasteiger partial charge is 0.407 e. The number of ketones is 1. The highest BCUT2D eigenvalue weighted by atomic mass is 16.6. The van der Waals surface area contributed by atoms with Gasteiger partial charge in [-0.3, -0.25) is 4.79 Å². The third-order valence-corrected chi connectivity index (χ3v) is 7.13. The summed E-state index contributed by atoms with van der Waals surface area (Å²) in [6.45, 7) is 10.0. The largest absolute Gasteiger partial charge is 0.457 e. The van der Waals surface area contributed by atoms with Crippen LogP contribution >= 0.6 is 0 Å². The Morgan fingerprint density at radius 3 is 1.05 bits per heavy atom. The molecule has 0 heterocycles. The highest BCUT2D eigenvalue weighted by Gasteiger charge is 2.17. The van der Waals surface area contributed by atoms with Gasteiger partial charge in [-0.2, -0.15) is 0 Å². The minimum Gasteiger partial charge on any atom is -0.457 e. The zero-order chi connectivity index (χ0) is 40.5. The highest BCUT2D eigenvalue weighted by molar-refractivity contribution is 6.40. The van der Waals surface area contributed by atoms with Crippen LogP contribution in [-0.2, 0) is 73.0 Å². The molecule has 0 aromatic heterocycles. The Bertz CT molecular complexity index is 1230. The normalized spacial score (nSPS) is 11.1. The fourth-order valence-corrected chi connectivity index (χ4v) is 4.27. The van der Waals surface area contributed by atoms with Crippen LogP contribution in [0.4, 0.5) is 4.79 Å². The molecule has 0 aliphatic heterocycles. The van der Waals surface area contributed by atoms with E-state index in [4.69, 9.17) is 61.6 Å². The van der Waals surface area contributed by atoms with Crippen molar-refractivity contribution in [2.45, 2.75) is 6.61 Å². The number of esters is 1. The molecule has 0 spiro atoms. The molecule has 1 amide bonds. The lowest BCUT2D eigenvalue weighted by molar-refractivity contribution is -0.139. The van der Waals surface area contributed by atoms with E-state index < -0.39 is 17.8 Å². The highest BCUT2D eigenvalue weighted by Crippen LogP contribution is 2.02. The Balaban J connectivity index is 1.15. The van der Waals surface area contributed by atoms with Crippen molar-refractivity contribution in [3.05, 3.63) is 71.8 Å². The predicted octanol–water partition coefficient (Wildman–Crippen LogP) is 2.52. The molecule has 0 unspecified atom stereocenters. The number of amides is 1. The van der Waals surface area contributed by atoms with E-state index in [0.717, 1.165) is 5.56 Å². The number of hydrogen-bond acceptors (Lipinski definition) is 16. The molecule has 0 radical (unpaired) electrons. The number of Topliss-reactive ketones (excluding diaryl/α,β-unsaturated/α-hetero) is 1. The van der Waals surface area contributed by atoms with E-state index in [1.54, 1.807) is 30.3 Å². The average molecular weight is 812 g/mol. The Morgan fingerprint density at radius 2 is 0.684 bits per heavy atom. The van der Waals surface area contributed by atoms with Crippen molar-refractivity contribution in [1.29, 1.82) is 0 Å². The zero-order valence-electron chi connectivity index (χ0n) is 33.0. The number of ether oxygens (including phenoxy) is 13. The van der Waals surface area contributed by atoms with Gasteiger partial charge < -0.3 is 66.9 Å². The van der Waals surface area contributed by atoms with E-state index in [0.29, 0.717) is 151 Å². The van der Waals surface area contributed by atoms with Gasteiger partial charge in [0.1, 0.15) is 13.2 Å². The number of hydrogen-bond donors (Lipinski definition) is 1. The molecule has 0 saturated carbocycles. The van der Waals surface area contributed by atoms with Gasteiger partial charge in [-0.05, 0) is 5.56 Å². The Labute approximate surface area is 335 Å². The quantitative estimate of drug-likeness (QED) is 0.0448. The molecule has 0 fully saturated rings. The molecule has 17 nitrogen and oxygen atoms in total. The first kappa shape index (κ1) is 49.6. The van der Waals surface area contributed by atoms with Gasteiger partial charge in [-0.25, -0.2) is 9.59 Å². The summed E-state index contributed by atoms with van der Waals surface area (Å²) in [7, 11) is 0. The van der Waals surface area contributed by atoms with Crippen LogP contribution < -0.4 is 5.32 Å². The molecule has 0 bridgehead atoms. The zero-order valence-corrected chi connectivity index (χ0v) is 33.0. The lowest BCUT2D eigenvalue weighted by Gasteiger charge is -2.09. The monoisotopic (exact) mass is 811 g/mol. The lowest BCUT2D eigenvalue weighted by atomic mass is 10.1. The third kappa shape index (κ3) is 31.1. The van der Waals surface area contributed by atoms with Gasteiger partial charge in [-0.15, -0.1) is 0 Å². The van der Waals surface area contributed by atoms with Gasteiger partial charge in [0, 0.05) is 12.1 Å². The second-order valence-electron chi connectivity index (χ2n) is 11.6. The van der Waals surface area contributed by atoms with Crippen LogP contribution in [0.25, 0.3) is 0 Å². The standard InChI is InChI=1S/C40H61NO16/c42-38(37-9-5-2-6-10-37)39(43)56-34-33-55-32-31-54-30-29-53-28-27-52-26-25-51-24-23-50-22-21-49-20-19-48-18-17-47-16-15-46-14-13-45-12-11-41-40(44)57-35-36-7-3-1-4-8-36/h1-10H,11-35H2,(H,41,44). The number of alkyl carbamates (subject to hydrolysis) is 1. The van der Waals surface area contributed by atoms with Gasteiger partial charge in [0.25, 0.3) is 5.78 Å².